The number of ether oxygens (including phenoxy) is 1. The molecule has 2 heterocycles. The molecule has 0 fully saturated rings. The van der Waals surface area contributed by atoms with Crippen LogP contribution >= 0.6 is 0 Å². The van der Waals surface area contributed by atoms with Crippen LogP contribution in [0.4, 0.5) is 5.69 Å². The standard InChI is InChI=1S/C19H23N3O3/c1-12(2)14-5-3-4-6-17(14)25-11-13(23)9-21-15-7-8-20-16-10-22-19(24)18(15)16/h3-8,12-13,23H,9-11H2,1-2H3,(H,20,21)(H,22,24). The van der Waals surface area contributed by atoms with Gasteiger partial charge in [-0.3, -0.25) is 9.78 Å². The molecule has 1 atom stereocenters. The van der Waals surface area contributed by atoms with Crippen molar-refractivity contribution >= 4 is 11.6 Å². The highest BCUT2D eigenvalue weighted by atomic mass is 16.5. The lowest BCUT2D eigenvalue weighted by Crippen LogP contribution is -2.27. The summed E-state index contributed by atoms with van der Waals surface area (Å²) >= 11 is 0. The Balaban J connectivity index is 1.57. The molecule has 0 aliphatic carbocycles. The number of fused-ring (bicyclic) bond motifs is 1. The summed E-state index contributed by atoms with van der Waals surface area (Å²) in [5.74, 6) is 1.01. The SMILES string of the molecule is CC(C)c1ccccc1OCC(O)CNc1ccnc2c1C(=O)NC2. The number of aliphatic hydroxyl groups is 1. The fourth-order valence-electron chi connectivity index (χ4n) is 2.85. The average Bonchev–Trinajstić information content (AvgIpc) is 3.00. The Morgan fingerprint density at radius 3 is 2.92 bits per heavy atom. The molecular formula is C19H23N3O3. The fourth-order valence-corrected chi connectivity index (χ4v) is 2.85. The Morgan fingerprint density at radius 2 is 2.12 bits per heavy atom. The minimum absolute atomic E-state index is 0.137. The van der Waals surface area contributed by atoms with E-state index >= 15 is 0 Å². The number of aromatic nitrogens is 1. The number of aliphatic hydroxyl groups excluding tert-OH is 1. The topological polar surface area (TPSA) is 83.5 Å². The summed E-state index contributed by atoms with van der Waals surface area (Å²) in [6, 6.07) is 9.59. The van der Waals surface area contributed by atoms with Gasteiger partial charge in [0.1, 0.15) is 18.5 Å². The van der Waals surface area contributed by atoms with Crippen molar-refractivity contribution in [2.24, 2.45) is 0 Å². The molecule has 1 aliphatic heterocycles. The van der Waals surface area contributed by atoms with Crippen molar-refractivity contribution in [3.8, 4) is 5.75 Å². The maximum Gasteiger partial charge on any atom is 0.255 e. The van der Waals surface area contributed by atoms with Gasteiger partial charge in [0.05, 0.1) is 23.5 Å². The highest BCUT2D eigenvalue weighted by molar-refractivity contribution is 6.02. The first-order chi connectivity index (χ1) is 12.1. The van der Waals surface area contributed by atoms with Crippen molar-refractivity contribution in [3.05, 3.63) is 53.3 Å². The summed E-state index contributed by atoms with van der Waals surface area (Å²) in [5.41, 5.74) is 3.08. The van der Waals surface area contributed by atoms with Crippen LogP contribution in [0.1, 0.15) is 41.4 Å². The number of anilines is 1. The van der Waals surface area contributed by atoms with E-state index in [2.05, 4.69) is 29.5 Å². The quantitative estimate of drug-likeness (QED) is 0.720. The molecule has 0 bridgehead atoms. The van der Waals surface area contributed by atoms with Gasteiger partial charge in [-0.25, -0.2) is 0 Å². The third kappa shape index (κ3) is 3.91. The molecule has 6 nitrogen and oxygen atoms in total. The average molecular weight is 341 g/mol. The van der Waals surface area contributed by atoms with Crippen LogP contribution in [0.3, 0.4) is 0 Å². The lowest BCUT2D eigenvalue weighted by atomic mass is 10.0. The molecule has 1 aliphatic rings. The molecule has 0 spiro atoms. The second-order valence-electron chi connectivity index (χ2n) is 6.40. The summed E-state index contributed by atoms with van der Waals surface area (Å²) in [6.07, 6.45) is 0.955. The van der Waals surface area contributed by atoms with Crippen LogP contribution in [0.15, 0.2) is 36.5 Å². The van der Waals surface area contributed by atoms with E-state index in [1.165, 1.54) is 0 Å². The first kappa shape index (κ1) is 17.2. The number of hydrogen-bond acceptors (Lipinski definition) is 5. The maximum absolute atomic E-state index is 11.9. The van der Waals surface area contributed by atoms with Crippen LogP contribution < -0.4 is 15.4 Å². The van der Waals surface area contributed by atoms with E-state index in [4.69, 9.17) is 4.74 Å². The zero-order valence-corrected chi connectivity index (χ0v) is 14.5. The fraction of sp³-hybridized carbons (Fsp3) is 0.368. The smallest absolute Gasteiger partial charge is 0.255 e. The number of nitrogens with one attached hydrogen (secondary N) is 2. The summed E-state index contributed by atoms with van der Waals surface area (Å²) in [7, 11) is 0. The molecule has 1 unspecified atom stereocenters. The highest BCUT2D eigenvalue weighted by Gasteiger charge is 2.23. The second-order valence-corrected chi connectivity index (χ2v) is 6.40. The number of para-hydroxylation sites is 1. The van der Waals surface area contributed by atoms with Crippen LogP contribution in [-0.2, 0) is 6.54 Å². The van der Waals surface area contributed by atoms with Crippen molar-refractivity contribution in [1.29, 1.82) is 0 Å². The van der Waals surface area contributed by atoms with Crippen molar-refractivity contribution in [2.75, 3.05) is 18.5 Å². The molecule has 0 radical (unpaired) electrons. The van der Waals surface area contributed by atoms with Crippen molar-refractivity contribution in [1.82, 2.24) is 10.3 Å². The molecule has 0 saturated carbocycles. The third-order valence-electron chi connectivity index (χ3n) is 4.17. The Kier molecular flexibility index (Phi) is 5.19. The second kappa shape index (κ2) is 7.53. The Morgan fingerprint density at radius 1 is 1.32 bits per heavy atom. The molecule has 0 saturated heterocycles. The van der Waals surface area contributed by atoms with Crippen LogP contribution in [0.2, 0.25) is 0 Å². The Hall–Kier alpha value is -2.60. The molecule has 3 N–H and O–H groups in total. The van der Waals surface area contributed by atoms with Gasteiger partial charge in [0.2, 0.25) is 0 Å². The number of benzene rings is 1. The number of nitrogens with zero attached hydrogens (tertiary/aromatic N) is 1. The van der Waals surface area contributed by atoms with Gasteiger partial charge in [0.15, 0.2) is 0 Å². The van der Waals surface area contributed by atoms with Gasteiger partial charge in [0, 0.05) is 12.7 Å². The number of amides is 1. The van der Waals surface area contributed by atoms with Crippen molar-refractivity contribution < 1.29 is 14.6 Å². The van der Waals surface area contributed by atoms with E-state index in [-0.39, 0.29) is 19.1 Å². The van der Waals surface area contributed by atoms with E-state index in [0.717, 1.165) is 17.0 Å². The maximum atomic E-state index is 11.9. The summed E-state index contributed by atoms with van der Waals surface area (Å²) in [6.45, 7) is 5.12. The number of pyridine rings is 1. The van der Waals surface area contributed by atoms with E-state index < -0.39 is 6.10 Å². The predicted molar refractivity (Wildman–Crippen MR) is 95.9 cm³/mol. The van der Waals surface area contributed by atoms with E-state index in [9.17, 15) is 9.90 Å². The Labute approximate surface area is 147 Å². The number of rotatable bonds is 7. The Bertz CT molecular complexity index is 761. The summed E-state index contributed by atoms with van der Waals surface area (Å²) < 4.78 is 5.78. The van der Waals surface area contributed by atoms with Crippen LogP contribution in [0.5, 0.6) is 5.75 Å². The normalized spacial score (nSPS) is 14.2. The number of carbonyl (C=O) groups excluding carboxylic acids is 1. The van der Waals surface area contributed by atoms with Gasteiger partial charge in [-0.15, -0.1) is 0 Å². The molecule has 6 heteroatoms. The molecule has 1 amide bonds. The predicted octanol–water partition coefficient (Wildman–Crippen LogP) is 2.30. The van der Waals surface area contributed by atoms with Crippen molar-refractivity contribution in [2.45, 2.75) is 32.4 Å². The molecule has 25 heavy (non-hydrogen) atoms. The lowest BCUT2D eigenvalue weighted by molar-refractivity contribution is 0.0966. The molecular weight excluding hydrogens is 318 g/mol. The zero-order chi connectivity index (χ0) is 17.8. The third-order valence-corrected chi connectivity index (χ3v) is 4.17. The molecule has 1 aromatic carbocycles. The van der Waals surface area contributed by atoms with Gasteiger partial charge in [-0.05, 0) is 23.6 Å². The molecule has 3 rings (SSSR count). The largest absolute Gasteiger partial charge is 0.491 e. The minimum Gasteiger partial charge on any atom is -0.491 e. The molecule has 132 valence electrons. The van der Waals surface area contributed by atoms with Crippen LogP contribution in [-0.4, -0.2) is 35.3 Å². The van der Waals surface area contributed by atoms with Crippen molar-refractivity contribution in [3.63, 3.8) is 0 Å². The monoisotopic (exact) mass is 341 g/mol. The van der Waals surface area contributed by atoms with Gasteiger partial charge in [0.25, 0.3) is 5.91 Å². The summed E-state index contributed by atoms with van der Waals surface area (Å²) in [5, 5.41) is 16.1. The van der Waals surface area contributed by atoms with E-state index in [0.29, 0.717) is 23.7 Å². The number of carbonyl (C=O) groups is 1. The van der Waals surface area contributed by atoms with Gasteiger partial charge < -0.3 is 20.5 Å². The van der Waals surface area contributed by atoms with E-state index in [1.807, 2.05) is 24.3 Å². The zero-order valence-electron chi connectivity index (χ0n) is 14.5. The summed E-state index contributed by atoms with van der Waals surface area (Å²) in [4.78, 5) is 16.1. The number of hydrogen-bond donors (Lipinski definition) is 3. The molecule has 1 aromatic heterocycles. The van der Waals surface area contributed by atoms with Gasteiger partial charge in [-0.2, -0.15) is 0 Å². The molecule has 2 aromatic rings. The van der Waals surface area contributed by atoms with Gasteiger partial charge in [-0.1, -0.05) is 32.0 Å². The van der Waals surface area contributed by atoms with Crippen LogP contribution in [0, 0.1) is 0 Å². The van der Waals surface area contributed by atoms with Gasteiger partial charge >= 0.3 is 0 Å². The van der Waals surface area contributed by atoms with E-state index in [1.54, 1.807) is 12.3 Å². The lowest BCUT2D eigenvalue weighted by Gasteiger charge is -2.17. The minimum atomic E-state index is -0.700. The highest BCUT2D eigenvalue weighted by Crippen LogP contribution is 2.26. The first-order valence-corrected chi connectivity index (χ1v) is 8.46. The first-order valence-electron chi connectivity index (χ1n) is 8.46. The van der Waals surface area contributed by atoms with Crippen LogP contribution in [0.25, 0.3) is 0 Å².